The van der Waals surface area contributed by atoms with Gasteiger partial charge in [-0.25, -0.2) is 0 Å². The van der Waals surface area contributed by atoms with E-state index in [0.717, 1.165) is 25.3 Å². The predicted molar refractivity (Wildman–Crippen MR) is 86.6 cm³/mol. The molecule has 0 aromatic heterocycles. The lowest BCUT2D eigenvalue weighted by Crippen LogP contribution is -2.84. The van der Waals surface area contributed by atoms with Gasteiger partial charge in [0.15, 0.2) is 0 Å². The molecule has 1 rings (SSSR count). The standard InChI is InChI=1S/C18H31NO/c1-6-7-12-19-13-9-14-20-17-15(2)10-8-11-16(17)18(3,4)5/h8,10-11,19H,6-7,9,12-14H2,1-5H3/p+1. The van der Waals surface area contributed by atoms with E-state index in [1.54, 1.807) is 0 Å². The van der Waals surface area contributed by atoms with Crippen molar-refractivity contribution in [3.8, 4) is 5.75 Å². The number of rotatable bonds is 8. The molecule has 0 saturated heterocycles. The van der Waals surface area contributed by atoms with Crippen molar-refractivity contribution in [3.63, 3.8) is 0 Å². The Bertz CT molecular complexity index is 393. The Morgan fingerprint density at radius 1 is 1.10 bits per heavy atom. The predicted octanol–water partition coefficient (Wildman–Crippen LogP) is 3.42. The van der Waals surface area contributed by atoms with Crippen molar-refractivity contribution in [3.05, 3.63) is 29.3 Å². The highest BCUT2D eigenvalue weighted by Crippen LogP contribution is 2.33. The van der Waals surface area contributed by atoms with E-state index in [0.29, 0.717) is 0 Å². The van der Waals surface area contributed by atoms with Gasteiger partial charge < -0.3 is 10.1 Å². The van der Waals surface area contributed by atoms with E-state index < -0.39 is 0 Å². The van der Waals surface area contributed by atoms with Gasteiger partial charge in [-0.1, -0.05) is 52.3 Å². The molecule has 0 amide bonds. The number of hydrogen-bond donors (Lipinski definition) is 1. The molecule has 1 aromatic carbocycles. The molecule has 0 spiro atoms. The molecular formula is C18H32NO+. The van der Waals surface area contributed by atoms with E-state index in [1.807, 2.05) is 0 Å². The molecule has 0 atom stereocenters. The van der Waals surface area contributed by atoms with Crippen LogP contribution in [0.1, 0.15) is 58.1 Å². The molecule has 114 valence electrons. The summed E-state index contributed by atoms with van der Waals surface area (Å²) >= 11 is 0. The maximum atomic E-state index is 6.08. The van der Waals surface area contributed by atoms with Gasteiger partial charge in [0, 0.05) is 6.42 Å². The lowest BCUT2D eigenvalue weighted by Gasteiger charge is -2.24. The van der Waals surface area contributed by atoms with Crippen LogP contribution in [0, 0.1) is 6.92 Å². The third-order valence-electron chi connectivity index (χ3n) is 3.58. The van der Waals surface area contributed by atoms with Gasteiger partial charge in [-0.3, -0.25) is 0 Å². The highest BCUT2D eigenvalue weighted by molar-refractivity contribution is 5.44. The van der Waals surface area contributed by atoms with Crippen molar-refractivity contribution < 1.29 is 10.1 Å². The van der Waals surface area contributed by atoms with Crippen LogP contribution in [-0.2, 0) is 5.41 Å². The van der Waals surface area contributed by atoms with Gasteiger partial charge in [0.1, 0.15) is 5.75 Å². The average molecular weight is 278 g/mol. The smallest absolute Gasteiger partial charge is 0.125 e. The Balaban J connectivity index is 2.47. The number of ether oxygens (including phenoxy) is 1. The number of hydrogen-bond acceptors (Lipinski definition) is 1. The second-order valence-electron chi connectivity index (χ2n) is 6.62. The fourth-order valence-corrected chi connectivity index (χ4v) is 2.33. The van der Waals surface area contributed by atoms with Gasteiger partial charge in [-0.15, -0.1) is 0 Å². The van der Waals surface area contributed by atoms with E-state index in [4.69, 9.17) is 4.74 Å². The molecule has 0 radical (unpaired) electrons. The summed E-state index contributed by atoms with van der Waals surface area (Å²) in [4.78, 5) is 0. The van der Waals surface area contributed by atoms with Gasteiger partial charge in [0.2, 0.25) is 0 Å². The Hall–Kier alpha value is -1.02. The third kappa shape index (κ3) is 5.54. The zero-order valence-electron chi connectivity index (χ0n) is 14.0. The van der Waals surface area contributed by atoms with Crippen LogP contribution >= 0.6 is 0 Å². The number of nitrogens with two attached hydrogens (primary N) is 1. The first-order valence-electron chi connectivity index (χ1n) is 8.01. The number of unbranched alkanes of at least 4 members (excludes halogenated alkanes) is 1. The fourth-order valence-electron chi connectivity index (χ4n) is 2.33. The molecule has 0 aliphatic heterocycles. The summed E-state index contributed by atoms with van der Waals surface area (Å²) < 4.78 is 6.08. The van der Waals surface area contributed by atoms with Crippen molar-refractivity contribution in [2.45, 2.75) is 59.3 Å². The van der Waals surface area contributed by atoms with Crippen LogP contribution in [-0.4, -0.2) is 19.7 Å². The van der Waals surface area contributed by atoms with Gasteiger partial charge >= 0.3 is 0 Å². The molecule has 0 heterocycles. The highest BCUT2D eigenvalue weighted by Gasteiger charge is 2.19. The summed E-state index contributed by atoms with van der Waals surface area (Å²) in [6.45, 7) is 14.3. The first-order valence-corrected chi connectivity index (χ1v) is 8.01. The quantitative estimate of drug-likeness (QED) is 0.724. The van der Waals surface area contributed by atoms with Crippen LogP contribution in [0.5, 0.6) is 5.75 Å². The first-order chi connectivity index (χ1) is 9.46. The summed E-state index contributed by atoms with van der Waals surface area (Å²) in [5.74, 6) is 1.09. The van der Waals surface area contributed by atoms with Crippen molar-refractivity contribution >= 4 is 0 Å². The molecule has 0 aliphatic carbocycles. The molecular weight excluding hydrogens is 246 g/mol. The summed E-state index contributed by atoms with van der Waals surface area (Å²) in [7, 11) is 0. The molecule has 2 heteroatoms. The minimum absolute atomic E-state index is 0.134. The van der Waals surface area contributed by atoms with Gasteiger partial charge in [0.25, 0.3) is 0 Å². The Labute approximate surface area is 124 Å². The second kappa shape index (κ2) is 8.31. The number of benzene rings is 1. The summed E-state index contributed by atoms with van der Waals surface area (Å²) in [6.07, 6.45) is 3.71. The minimum atomic E-state index is 0.134. The van der Waals surface area contributed by atoms with Crippen molar-refractivity contribution in [2.75, 3.05) is 19.7 Å². The number of para-hydroxylation sites is 1. The highest BCUT2D eigenvalue weighted by atomic mass is 16.5. The molecule has 0 aliphatic rings. The van der Waals surface area contributed by atoms with Crippen LogP contribution in [0.25, 0.3) is 0 Å². The van der Waals surface area contributed by atoms with Crippen LogP contribution in [0.4, 0.5) is 0 Å². The molecule has 20 heavy (non-hydrogen) atoms. The molecule has 2 N–H and O–H groups in total. The Morgan fingerprint density at radius 3 is 2.45 bits per heavy atom. The fraction of sp³-hybridized carbons (Fsp3) is 0.667. The van der Waals surface area contributed by atoms with Crippen LogP contribution in [0.3, 0.4) is 0 Å². The monoisotopic (exact) mass is 278 g/mol. The van der Waals surface area contributed by atoms with E-state index in [1.165, 1.54) is 30.5 Å². The Kier molecular flexibility index (Phi) is 7.08. The molecule has 1 aromatic rings. The zero-order valence-corrected chi connectivity index (χ0v) is 14.0. The van der Waals surface area contributed by atoms with E-state index in [-0.39, 0.29) is 5.41 Å². The summed E-state index contributed by atoms with van der Waals surface area (Å²) in [5.41, 5.74) is 2.69. The van der Waals surface area contributed by atoms with E-state index in [2.05, 4.69) is 58.1 Å². The van der Waals surface area contributed by atoms with Crippen molar-refractivity contribution in [2.24, 2.45) is 0 Å². The van der Waals surface area contributed by atoms with E-state index in [9.17, 15) is 0 Å². The molecule has 2 nitrogen and oxygen atoms in total. The largest absolute Gasteiger partial charge is 0.493 e. The molecule has 0 fully saturated rings. The summed E-state index contributed by atoms with van der Waals surface area (Å²) in [6, 6.07) is 6.45. The lowest BCUT2D eigenvalue weighted by atomic mass is 9.85. The zero-order chi connectivity index (χ0) is 15.0. The lowest BCUT2D eigenvalue weighted by molar-refractivity contribution is -0.655. The van der Waals surface area contributed by atoms with Gasteiger partial charge in [0.05, 0.1) is 19.7 Å². The second-order valence-corrected chi connectivity index (χ2v) is 6.62. The van der Waals surface area contributed by atoms with Crippen LogP contribution in [0.15, 0.2) is 18.2 Å². The minimum Gasteiger partial charge on any atom is -0.493 e. The number of quaternary nitrogens is 1. The topological polar surface area (TPSA) is 25.8 Å². The molecule has 0 unspecified atom stereocenters. The molecule has 0 saturated carbocycles. The maximum Gasteiger partial charge on any atom is 0.125 e. The molecule has 0 bridgehead atoms. The van der Waals surface area contributed by atoms with E-state index >= 15 is 0 Å². The number of aryl methyl sites for hydroxylation is 1. The normalized spacial score (nSPS) is 11.7. The average Bonchev–Trinajstić information content (AvgIpc) is 2.38. The summed E-state index contributed by atoms with van der Waals surface area (Å²) in [5, 5.41) is 2.40. The Morgan fingerprint density at radius 2 is 1.80 bits per heavy atom. The van der Waals surface area contributed by atoms with Crippen LogP contribution < -0.4 is 10.1 Å². The van der Waals surface area contributed by atoms with Crippen molar-refractivity contribution in [1.82, 2.24) is 0 Å². The first kappa shape index (κ1) is 17.0. The SMILES string of the molecule is CCCC[NH2+]CCCOc1c(C)cccc1C(C)(C)C. The van der Waals surface area contributed by atoms with Crippen LogP contribution in [0.2, 0.25) is 0 Å². The van der Waals surface area contributed by atoms with Crippen molar-refractivity contribution in [1.29, 1.82) is 0 Å². The van der Waals surface area contributed by atoms with Gasteiger partial charge in [-0.05, 0) is 29.9 Å². The van der Waals surface area contributed by atoms with Gasteiger partial charge in [-0.2, -0.15) is 0 Å². The maximum absolute atomic E-state index is 6.08. The third-order valence-corrected chi connectivity index (χ3v) is 3.58.